The molecule has 0 saturated carbocycles. The molecule has 0 amide bonds. The molecule has 4 rings (SSSR count). The van der Waals surface area contributed by atoms with Crippen molar-refractivity contribution >= 4 is 0 Å². The van der Waals surface area contributed by atoms with E-state index in [1.807, 2.05) is 34.7 Å². The fourth-order valence-corrected chi connectivity index (χ4v) is 3.07. The molecule has 4 heterocycles. The number of rotatable bonds is 4. The lowest BCUT2D eigenvalue weighted by molar-refractivity contribution is 0.358. The van der Waals surface area contributed by atoms with Gasteiger partial charge in [0.25, 0.3) is 0 Å². The molecule has 0 spiro atoms. The smallest absolute Gasteiger partial charge is 0.138 e. The van der Waals surface area contributed by atoms with Gasteiger partial charge in [-0.05, 0) is 18.6 Å². The summed E-state index contributed by atoms with van der Waals surface area (Å²) in [5.74, 6) is 1.08. The maximum Gasteiger partial charge on any atom is 0.138 e. The number of pyridine rings is 1. The van der Waals surface area contributed by atoms with Gasteiger partial charge in [-0.25, -0.2) is 9.67 Å². The van der Waals surface area contributed by atoms with Gasteiger partial charge in [-0.15, -0.1) is 0 Å². The van der Waals surface area contributed by atoms with E-state index < -0.39 is 0 Å². The van der Waals surface area contributed by atoms with Crippen LogP contribution in [0, 0.1) is 0 Å². The van der Waals surface area contributed by atoms with Crippen LogP contribution in [0.3, 0.4) is 0 Å². The first kappa shape index (κ1) is 14.1. The van der Waals surface area contributed by atoms with Crippen molar-refractivity contribution in [2.24, 2.45) is 7.05 Å². The number of nitrogens with one attached hydrogen (secondary N) is 1. The lowest BCUT2D eigenvalue weighted by Gasteiger charge is -2.23. The van der Waals surface area contributed by atoms with Gasteiger partial charge in [0.1, 0.15) is 12.2 Å². The molecule has 0 saturated heterocycles. The van der Waals surface area contributed by atoms with E-state index in [4.69, 9.17) is 0 Å². The molecule has 1 atom stereocenters. The molecule has 0 aromatic carbocycles. The zero-order chi connectivity index (χ0) is 15.6. The van der Waals surface area contributed by atoms with Gasteiger partial charge in [-0.1, -0.05) is 0 Å². The molecule has 7 nitrogen and oxygen atoms in total. The highest BCUT2D eigenvalue weighted by atomic mass is 15.3. The summed E-state index contributed by atoms with van der Waals surface area (Å²) in [6.07, 6.45) is 9.40. The van der Waals surface area contributed by atoms with E-state index in [1.165, 1.54) is 5.56 Å². The summed E-state index contributed by atoms with van der Waals surface area (Å²) in [4.78, 5) is 8.46. The van der Waals surface area contributed by atoms with Crippen molar-refractivity contribution in [3.8, 4) is 11.3 Å². The Morgan fingerprint density at radius 1 is 1.39 bits per heavy atom. The van der Waals surface area contributed by atoms with Crippen molar-refractivity contribution in [3.05, 3.63) is 48.4 Å². The van der Waals surface area contributed by atoms with Crippen LogP contribution >= 0.6 is 0 Å². The Kier molecular flexibility index (Phi) is 3.63. The molecule has 0 bridgehead atoms. The Hall–Kier alpha value is -2.54. The molecular formula is C16H19N7. The summed E-state index contributed by atoms with van der Waals surface area (Å²) < 4.78 is 3.85. The summed E-state index contributed by atoms with van der Waals surface area (Å²) in [6, 6.07) is 4.39. The number of hydrogen-bond donors (Lipinski definition) is 1. The second kappa shape index (κ2) is 5.92. The SMILES string of the molecule is Cn1cc(CN[C@@H]2CCc3ncnn3C2)c(-c2cccnc2)n1. The average Bonchev–Trinajstić information content (AvgIpc) is 3.19. The van der Waals surface area contributed by atoms with Crippen molar-refractivity contribution < 1.29 is 0 Å². The minimum absolute atomic E-state index is 0.408. The number of aryl methyl sites for hydroxylation is 2. The van der Waals surface area contributed by atoms with Crippen LogP contribution in [0.25, 0.3) is 11.3 Å². The van der Waals surface area contributed by atoms with E-state index in [-0.39, 0.29) is 0 Å². The summed E-state index contributed by atoms with van der Waals surface area (Å²) in [6.45, 7) is 1.66. The molecule has 3 aromatic rings. The Balaban J connectivity index is 1.48. The van der Waals surface area contributed by atoms with Crippen molar-refractivity contribution in [2.75, 3.05) is 0 Å². The van der Waals surface area contributed by atoms with E-state index >= 15 is 0 Å². The van der Waals surface area contributed by atoms with Crippen molar-refractivity contribution in [3.63, 3.8) is 0 Å². The van der Waals surface area contributed by atoms with Crippen LogP contribution in [0.15, 0.2) is 37.1 Å². The molecule has 7 heteroatoms. The van der Waals surface area contributed by atoms with Crippen LogP contribution in [0.5, 0.6) is 0 Å². The number of fused-ring (bicyclic) bond motifs is 1. The van der Waals surface area contributed by atoms with Crippen LogP contribution < -0.4 is 5.32 Å². The fourth-order valence-electron chi connectivity index (χ4n) is 3.07. The van der Waals surface area contributed by atoms with Crippen LogP contribution in [-0.2, 0) is 26.6 Å². The molecule has 0 fully saturated rings. The first-order valence-corrected chi connectivity index (χ1v) is 7.82. The lowest BCUT2D eigenvalue weighted by atomic mass is 10.1. The summed E-state index contributed by atoms with van der Waals surface area (Å²) in [7, 11) is 1.95. The first-order valence-electron chi connectivity index (χ1n) is 7.82. The van der Waals surface area contributed by atoms with E-state index in [0.717, 1.165) is 43.0 Å². The van der Waals surface area contributed by atoms with E-state index in [1.54, 1.807) is 12.5 Å². The van der Waals surface area contributed by atoms with Gasteiger partial charge in [0.2, 0.25) is 0 Å². The molecular weight excluding hydrogens is 290 g/mol. The highest BCUT2D eigenvalue weighted by Gasteiger charge is 2.20. The molecule has 1 N–H and O–H groups in total. The molecule has 118 valence electrons. The maximum absolute atomic E-state index is 4.58. The fraction of sp³-hybridized carbons (Fsp3) is 0.375. The second-order valence-corrected chi connectivity index (χ2v) is 5.89. The number of nitrogens with zero attached hydrogens (tertiary/aromatic N) is 6. The van der Waals surface area contributed by atoms with Crippen molar-refractivity contribution in [1.29, 1.82) is 0 Å². The molecule has 0 aliphatic carbocycles. The van der Waals surface area contributed by atoms with Gasteiger partial charge in [0.15, 0.2) is 0 Å². The third-order valence-corrected chi connectivity index (χ3v) is 4.23. The van der Waals surface area contributed by atoms with Gasteiger partial charge in [0.05, 0.1) is 12.2 Å². The van der Waals surface area contributed by atoms with Gasteiger partial charge in [-0.3, -0.25) is 9.67 Å². The number of hydrogen-bond acceptors (Lipinski definition) is 5. The van der Waals surface area contributed by atoms with E-state index in [2.05, 4.69) is 31.7 Å². The Bertz CT molecular complexity index is 790. The Morgan fingerprint density at radius 2 is 2.35 bits per heavy atom. The third kappa shape index (κ3) is 2.87. The van der Waals surface area contributed by atoms with E-state index in [9.17, 15) is 0 Å². The second-order valence-electron chi connectivity index (χ2n) is 5.89. The molecule has 23 heavy (non-hydrogen) atoms. The van der Waals surface area contributed by atoms with Crippen molar-refractivity contribution in [2.45, 2.75) is 32.0 Å². The van der Waals surface area contributed by atoms with Gasteiger partial charge >= 0.3 is 0 Å². The predicted molar refractivity (Wildman–Crippen MR) is 85.4 cm³/mol. The standard InChI is InChI=1S/C16H19N7/c1-22-9-13(16(21-22)12-3-2-6-17-7-12)8-18-14-4-5-15-19-11-20-23(15)10-14/h2-3,6-7,9,11,14,18H,4-5,8,10H2,1H3/t14-/m1/s1. The van der Waals surface area contributed by atoms with Crippen LogP contribution in [0.4, 0.5) is 0 Å². The van der Waals surface area contributed by atoms with Crippen LogP contribution in [-0.4, -0.2) is 35.6 Å². The highest BCUT2D eigenvalue weighted by Crippen LogP contribution is 2.21. The minimum Gasteiger partial charge on any atom is -0.308 e. The monoisotopic (exact) mass is 309 g/mol. The average molecular weight is 309 g/mol. The predicted octanol–water partition coefficient (Wildman–Crippen LogP) is 1.18. The highest BCUT2D eigenvalue weighted by molar-refractivity contribution is 5.61. The lowest BCUT2D eigenvalue weighted by Crippen LogP contribution is -2.37. The zero-order valence-corrected chi connectivity index (χ0v) is 13.1. The minimum atomic E-state index is 0.408. The summed E-state index contributed by atoms with van der Waals surface area (Å²) >= 11 is 0. The Labute approximate surface area is 134 Å². The van der Waals surface area contributed by atoms with Gasteiger partial charge < -0.3 is 5.32 Å². The van der Waals surface area contributed by atoms with E-state index in [0.29, 0.717) is 6.04 Å². The summed E-state index contributed by atoms with van der Waals surface area (Å²) in [5.41, 5.74) is 3.22. The first-order chi connectivity index (χ1) is 11.3. The third-order valence-electron chi connectivity index (χ3n) is 4.23. The maximum atomic E-state index is 4.58. The van der Waals surface area contributed by atoms with Gasteiger partial charge in [0, 0.05) is 55.8 Å². The normalized spacial score (nSPS) is 17.2. The topological polar surface area (TPSA) is 73.5 Å². The van der Waals surface area contributed by atoms with Gasteiger partial charge in [-0.2, -0.15) is 10.2 Å². The largest absolute Gasteiger partial charge is 0.308 e. The van der Waals surface area contributed by atoms with Crippen molar-refractivity contribution in [1.82, 2.24) is 34.8 Å². The molecule has 1 aliphatic heterocycles. The molecule has 0 radical (unpaired) electrons. The zero-order valence-electron chi connectivity index (χ0n) is 13.1. The Morgan fingerprint density at radius 3 is 3.22 bits per heavy atom. The quantitative estimate of drug-likeness (QED) is 0.783. The summed E-state index contributed by atoms with van der Waals surface area (Å²) in [5, 5.41) is 12.5. The van der Waals surface area contributed by atoms with Crippen LogP contribution in [0.2, 0.25) is 0 Å². The molecule has 3 aromatic heterocycles. The van der Waals surface area contributed by atoms with Crippen LogP contribution in [0.1, 0.15) is 17.8 Å². The molecule has 1 aliphatic rings. The molecule has 0 unspecified atom stereocenters. The number of aromatic nitrogens is 6.